The van der Waals surface area contributed by atoms with Crippen LogP contribution in [0.3, 0.4) is 0 Å². The van der Waals surface area contributed by atoms with Crippen molar-refractivity contribution in [3.63, 3.8) is 0 Å². The summed E-state index contributed by atoms with van der Waals surface area (Å²) >= 11 is 11.9. The largest absolute Gasteiger partial charge is 0.455 e. The number of carbonyl (C=O) groups excluding carboxylic acids is 3. The van der Waals surface area contributed by atoms with Gasteiger partial charge in [0.25, 0.3) is 5.91 Å². The van der Waals surface area contributed by atoms with Gasteiger partial charge in [-0.15, -0.1) is 0 Å². The normalized spacial score (nSPS) is 16.2. The van der Waals surface area contributed by atoms with Gasteiger partial charge in [-0.1, -0.05) is 29.3 Å². The van der Waals surface area contributed by atoms with Crippen LogP contribution >= 0.6 is 23.2 Å². The molecule has 2 amide bonds. The maximum atomic E-state index is 12.3. The number of esters is 1. The van der Waals surface area contributed by atoms with Gasteiger partial charge in [-0.25, -0.2) is 0 Å². The Bertz CT molecular complexity index is 915. The summed E-state index contributed by atoms with van der Waals surface area (Å²) in [6.07, 6.45) is 0.0382. The van der Waals surface area contributed by atoms with Crippen molar-refractivity contribution in [3.8, 4) is 0 Å². The number of rotatable bonds is 5. The lowest BCUT2D eigenvalue weighted by atomic mass is 10.1. The van der Waals surface area contributed by atoms with E-state index in [1.54, 1.807) is 49.4 Å². The number of hydrogen-bond donors (Lipinski definition) is 1. The van der Waals surface area contributed by atoms with Gasteiger partial charge < -0.3 is 15.0 Å². The highest BCUT2D eigenvalue weighted by Gasteiger charge is 2.36. The van der Waals surface area contributed by atoms with E-state index in [1.165, 1.54) is 4.90 Å². The topological polar surface area (TPSA) is 75.7 Å². The Morgan fingerprint density at radius 3 is 2.61 bits per heavy atom. The molecule has 2 aromatic carbocycles. The number of ether oxygens (including phenoxy) is 1. The Balaban J connectivity index is 1.53. The second-order valence-corrected chi connectivity index (χ2v) is 7.29. The van der Waals surface area contributed by atoms with Crippen molar-refractivity contribution in [2.75, 3.05) is 23.4 Å². The number of nitrogens with zero attached hydrogens (tertiary/aromatic N) is 1. The highest BCUT2D eigenvalue weighted by atomic mass is 35.5. The van der Waals surface area contributed by atoms with E-state index in [0.717, 1.165) is 5.56 Å². The van der Waals surface area contributed by atoms with Gasteiger partial charge in [0.15, 0.2) is 6.61 Å². The molecule has 1 atom stereocenters. The van der Waals surface area contributed by atoms with Crippen LogP contribution in [0.25, 0.3) is 0 Å². The third-order valence-electron chi connectivity index (χ3n) is 4.48. The fraction of sp³-hybridized carbons (Fsp3) is 0.250. The van der Waals surface area contributed by atoms with Gasteiger partial charge in [-0.05, 0) is 48.9 Å². The summed E-state index contributed by atoms with van der Waals surface area (Å²) in [4.78, 5) is 38.1. The summed E-state index contributed by atoms with van der Waals surface area (Å²) < 4.78 is 5.10. The maximum absolute atomic E-state index is 12.3. The molecule has 28 heavy (non-hydrogen) atoms. The molecule has 1 saturated heterocycles. The van der Waals surface area contributed by atoms with Crippen LogP contribution in [0.15, 0.2) is 42.5 Å². The van der Waals surface area contributed by atoms with Crippen molar-refractivity contribution < 1.29 is 19.1 Å². The molecule has 0 saturated carbocycles. The van der Waals surface area contributed by atoms with Crippen molar-refractivity contribution in [1.29, 1.82) is 0 Å². The van der Waals surface area contributed by atoms with Crippen LogP contribution < -0.4 is 10.2 Å². The summed E-state index contributed by atoms with van der Waals surface area (Å²) in [5.41, 5.74) is 1.95. The Labute approximate surface area is 172 Å². The van der Waals surface area contributed by atoms with E-state index in [2.05, 4.69) is 5.32 Å². The van der Waals surface area contributed by atoms with Crippen LogP contribution in [0.1, 0.15) is 12.0 Å². The van der Waals surface area contributed by atoms with Crippen LogP contribution in [0.2, 0.25) is 10.0 Å². The quantitative estimate of drug-likeness (QED) is 0.745. The van der Waals surface area contributed by atoms with Crippen molar-refractivity contribution in [2.45, 2.75) is 13.3 Å². The molecule has 0 radical (unpaired) electrons. The van der Waals surface area contributed by atoms with Gasteiger partial charge in [-0.3, -0.25) is 14.4 Å². The highest BCUT2D eigenvalue weighted by molar-refractivity contribution is 6.31. The van der Waals surface area contributed by atoms with Gasteiger partial charge in [0, 0.05) is 34.4 Å². The van der Waals surface area contributed by atoms with E-state index in [9.17, 15) is 14.4 Å². The summed E-state index contributed by atoms with van der Waals surface area (Å²) in [6, 6.07) is 11.9. The molecule has 1 fully saturated rings. The fourth-order valence-corrected chi connectivity index (χ4v) is 3.22. The lowest BCUT2D eigenvalue weighted by Crippen LogP contribution is -2.28. The predicted molar refractivity (Wildman–Crippen MR) is 108 cm³/mol. The second-order valence-electron chi connectivity index (χ2n) is 6.45. The Hall–Kier alpha value is -2.57. The number of hydrogen-bond acceptors (Lipinski definition) is 4. The van der Waals surface area contributed by atoms with E-state index < -0.39 is 24.4 Å². The minimum atomic E-state index is -0.621. The zero-order chi connectivity index (χ0) is 20.3. The molecule has 8 heteroatoms. The van der Waals surface area contributed by atoms with E-state index in [4.69, 9.17) is 27.9 Å². The van der Waals surface area contributed by atoms with Gasteiger partial charge in [0.05, 0.1) is 5.92 Å². The van der Waals surface area contributed by atoms with Crippen LogP contribution in [0, 0.1) is 12.8 Å². The average Bonchev–Trinajstić information content (AvgIpc) is 3.06. The molecule has 0 aromatic heterocycles. The Morgan fingerprint density at radius 1 is 1.18 bits per heavy atom. The molecular formula is C20H18Cl2N2O4. The van der Waals surface area contributed by atoms with Gasteiger partial charge in [-0.2, -0.15) is 0 Å². The predicted octanol–water partition coefficient (Wildman–Crippen LogP) is 3.84. The fourth-order valence-electron chi connectivity index (χ4n) is 2.92. The monoisotopic (exact) mass is 420 g/mol. The van der Waals surface area contributed by atoms with Crippen molar-refractivity contribution in [1.82, 2.24) is 0 Å². The first-order chi connectivity index (χ1) is 13.3. The van der Waals surface area contributed by atoms with Crippen LogP contribution in [0.5, 0.6) is 0 Å². The summed E-state index contributed by atoms with van der Waals surface area (Å²) in [5.74, 6) is -1.85. The minimum absolute atomic E-state index is 0.0382. The number of amides is 2. The molecule has 1 aliphatic rings. The van der Waals surface area contributed by atoms with Gasteiger partial charge >= 0.3 is 5.97 Å². The average molecular weight is 421 g/mol. The molecule has 0 unspecified atom stereocenters. The molecule has 146 valence electrons. The third-order valence-corrected chi connectivity index (χ3v) is 5.15. The molecule has 1 aliphatic heterocycles. The van der Waals surface area contributed by atoms with Crippen molar-refractivity contribution in [2.24, 2.45) is 5.92 Å². The molecule has 1 heterocycles. The second kappa shape index (κ2) is 8.63. The molecule has 1 N–H and O–H groups in total. The molecule has 3 rings (SSSR count). The van der Waals surface area contributed by atoms with Crippen LogP contribution in [0.4, 0.5) is 11.4 Å². The maximum Gasteiger partial charge on any atom is 0.311 e. The van der Waals surface area contributed by atoms with Crippen LogP contribution in [-0.4, -0.2) is 30.9 Å². The molecule has 2 aromatic rings. The molecule has 0 spiro atoms. The zero-order valence-corrected chi connectivity index (χ0v) is 16.6. The van der Waals surface area contributed by atoms with E-state index in [1.807, 2.05) is 0 Å². The number of nitrogens with one attached hydrogen (secondary N) is 1. The van der Waals surface area contributed by atoms with Crippen molar-refractivity contribution >= 4 is 52.4 Å². The van der Waals surface area contributed by atoms with Crippen molar-refractivity contribution in [3.05, 3.63) is 58.1 Å². The molecule has 0 bridgehead atoms. The number of anilines is 2. The summed E-state index contributed by atoms with van der Waals surface area (Å²) in [6.45, 7) is 1.55. The third kappa shape index (κ3) is 4.64. The Kier molecular flexibility index (Phi) is 6.21. The molecule has 0 aliphatic carbocycles. The number of benzene rings is 2. The first-order valence-corrected chi connectivity index (χ1v) is 9.38. The number of halogens is 2. The van der Waals surface area contributed by atoms with Crippen LogP contribution in [-0.2, 0) is 19.1 Å². The van der Waals surface area contributed by atoms with Gasteiger partial charge in [0.2, 0.25) is 5.91 Å². The van der Waals surface area contributed by atoms with E-state index in [-0.39, 0.29) is 18.9 Å². The lowest BCUT2D eigenvalue weighted by molar-refractivity contribution is -0.151. The smallest absolute Gasteiger partial charge is 0.311 e. The highest BCUT2D eigenvalue weighted by Crippen LogP contribution is 2.27. The molecular weight excluding hydrogens is 403 g/mol. The number of carbonyl (C=O) groups is 3. The standard InChI is InChI=1S/C20H18Cl2N2O4/c1-12-16(22)3-2-4-17(12)23-18(25)11-28-20(27)13-9-19(26)24(10-13)15-7-5-14(21)6-8-15/h2-8,13H,9-11H2,1H3,(H,23,25)/t13-/m0/s1. The first kappa shape index (κ1) is 20.2. The SMILES string of the molecule is Cc1c(Cl)cccc1NC(=O)COC(=O)[C@H]1CC(=O)N(c2ccc(Cl)cc2)C1. The molecule has 6 nitrogen and oxygen atoms in total. The Morgan fingerprint density at radius 2 is 1.89 bits per heavy atom. The zero-order valence-electron chi connectivity index (χ0n) is 15.1. The summed E-state index contributed by atoms with van der Waals surface area (Å²) in [7, 11) is 0. The van der Waals surface area contributed by atoms with Gasteiger partial charge in [0.1, 0.15) is 0 Å². The first-order valence-electron chi connectivity index (χ1n) is 8.62. The minimum Gasteiger partial charge on any atom is -0.455 e. The lowest BCUT2D eigenvalue weighted by Gasteiger charge is -2.16. The summed E-state index contributed by atoms with van der Waals surface area (Å²) in [5, 5.41) is 3.75. The van der Waals surface area contributed by atoms with E-state index >= 15 is 0 Å². The van der Waals surface area contributed by atoms with E-state index in [0.29, 0.717) is 21.4 Å².